The maximum Gasteiger partial charge on any atom is 0.417 e. The monoisotopic (exact) mass is 254 g/mol. The van der Waals surface area contributed by atoms with Crippen LogP contribution in [0.5, 0.6) is 0 Å². The van der Waals surface area contributed by atoms with Gasteiger partial charge in [-0.25, -0.2) is 4.39 Å². The Morgan fingerprint density at radius 1 is 1.31 bits per heavy atom. The van der Waals surface area contributed by atoms with Gasteiger partial charge < -0.3 is 0 Å². The van der Waals surface area contributed by atoms with Gasteiger partial charge in [0, 0.05) is 12.3 Å². The molecule has 0 aliphatic carbocycles. The first-order valence-corrected chi connectivity index (χ1v) is 4.86. The van der Waals surface area contributed by atoms with Crippen molar-refractivity contribution in [1.82, 2.24) is 0 Å². The van der Waals surface area contributed by atoms with Crippen molar-refractivity contribution in [3.63, 3.8) is 0 Å². The fraction of sp³-hybridized carbons (Fsp3) is 0.300. The van der Waals surface area contributed by atoms with Gasteiger partial charge in [-0.3, -0.25) is 4.79 Å². The predicted octanol–water partition coefficient (Wildman–Crippen LogP) is 3.66. The number of halogens is 5. The van der Waals surface area contributed by atoms with Gasteiger partial charge in [0.25, 0.3) is 0 Å². The van der Waals surface area contributed by atoms with E-state index >= 15 is 0 Å². The molecule has 0 saturated heterocycles. The summed E-state index contributed by atoms with van der Waals surface area (Å²) in [6.45, 7) is 0. The van der Waals surface area contributed by atoms with Crippen LogP contribution in [0.2, 0.25) is 0 Å². The maximum atomic E-state index is 13.2. The van der Waals surface area contributed by atoms with Gasteiger partial charge in [-0.05, 0) is 12.1 Å². The van der Waals surface area contributed by atoms with Crippen molar-refractivity contribution in [3.05, 3.63) is 35.1 Å². The highest BCUT2D eigenvalue weighted by Crippen LogP contribution is 2.33. The molecule has 1 aromatic carbocycles. The molecule has 88 valence electrons. The van der Waals surface area contributed by atoms with Gasteiger partial charge in [0.15, 0.2) is 5.78 Å². The molecule has 0 aliphatic rings. The predicted molar refractivity (Wildman–Crippen MR) is 51.1 cm³/mol. The fourth-order valence-electron chi connectivity index (χ4n) is 1.25. The second kappa shape index (κ2) is 4.82. The summed E-state index contributed by atoms with van der Waals surface area (Å²) in [4.78, 5) is 11.3. The van der Waals surface area contributed by atoms with E-state index in [2.05, 4.69) is 0 Å². The first-order valence-electron chi connectivity index (χ1n) is 4.32. The van der Waals surface area contributed by atoms with E-state index in [9.17, 15) is 22.4 Å². The van der Waals surface area contributed by atoms with E-state index in [0.717, 1.165) is 12.1 Å². The second-order valence-corrected chi connectivity index (χ2v) is 3.40. The molecule has 0 aromatic heterocycles. The van der Waals surface area contributed by atoms with Crippen molar-refractivity contribution in [2.45, 2.75) is 12.6 Å². The normalized spacial score (nSPS) is 11.6. The van der Waals surface area contributed by atoms with Gasteiger partial charge in [-0.1, -0.05) is 6.07 Å². The number of carbonyl (C=O) groups is 1. The highest BCUT2D eigenvalue weighted by molar-refractivity contribution is 6.19. The molecule has 0 saturated carbocycles. The quantitative estimate of drug-likeness (QED) is 0.457. The Balaban J connectivity index is 3.30. The van der Waals surface area contributed by atoms with Crippen LogP contribution in [-0.4, -0.2) is 11.7 Å². The van der Waals surface area contributed by atoms with Crippen LogP contribution in [0.3, 0.4) is 0 Å². The van der Waals surface area contributed by atoms with Gasteiger partial charge in [-0.15, -0.1) is 11.6 Å². The molecule has 0 heterocycles. The van der Waals surface area contributed by atoms with Crippen molar-refractivity contribution in [2.75, 3.05) is 5.88 Å². The van der Waals surface area contributed by atoms with Crippen molar-refractivity contribution in [1.29, 1.82) is 0 Å². The minimum Gasteiger partial charge on any atom is -0.294 e. The van der Waals surface area contributed by atoms with E-state index in [4.69, 9.17) is 11.6 Å². The SMILES string of the molecule is O=C(CCCl)c1c(F)cccc1C(F)(F)F. The number of alkyl halides is 4. The standard InChI is InChI=1S/C10H7ClF4O/c11-5-4-8(16)9-6(10(13,14)15)2-1-3-7(9)12/h1-3H,4-5H2. The Kier molecular flexibility index (Phi) is 3.91. The van der Waals surface area contributed by atoms with Crippen LogP contribution >= 0.6 is 11.6 Å². The lowest BCUT2D eigenvalue weighted by atomic mass is 10.0. The Labute approximate surface area is 94.0 Å². The smallest absolute Gasteiger partial charge is 0.294 e. The van der Waals surface area contributed by atoms with Crippen LogP contribution in [0, 0.1) is 5.82 Å². The summed E-state index contributed by atoms with van der Waals surface area (Å²) in [5.41, 5.74) is -2.20. The summed E-state index contributed by atoms with van der Waals surface area (Å²) >= 11 is 5.24. The molecule has 0 N–H and O–H groups in total. The van der Waals surface area contributed by atoms with Crippen molar-refractivity contribution in [3.8, 4) is 0 Å². The Morgan fingerprint density at radius 3 is 2.44 bits per heavy atom. The number of ketones is 1. The third-order valence-electron chi connectivity index (χ3n) is 1.92. The maximum absolute atomic E-state index is 13.2. The highest BCUT2D eigenvalue weighted by Gasteiger charge is 2.36. The molecule has 1 aromatic rings. The minimum absolute atomic E-state index is 0.148. The summed E-state index contributed by atoms with van der Waals surface area (Å²) in [5, 5.41) is 0. The molecule has 1 nitrogen and oxygen atoms in total. The molecule has 0 radical (unpaired) electrons. The van der Waals surface area contributed by atoms with E-state index < -0.39 is 28.9 Å². The number of benzene rings is 1. The molecular weight excluding hydrogens is 248 g/mol. The largest absolute Gasteiger partial charge is 0.417 e. The molecule has 0 atom stereocenters. The minimum atomic E-state index is -4.75. The van der Waals surface area contributed by atoms with Crippen LogP contribution in [0.15, 0.2) is 18.2 Å². The molecular formula is C10H7ClF4O. The molecule has 0 amide bonds. The summed E-state index contributed by atoms with van der Waals surface area (Å²) in [7, 11) is 0. The van der Waals surface area contributed by atoms with Gasteiger partial charge in [0.2, 0.25) is 0 Å². The fourth-order valence-corrected chi connectivity index (χ4v) is 1.43. The Morgan fingerprint density at radius 2 is 1.94 bits per heavy atom. The zero-order chi connectivity index (χ0) is 12.3. The van der Waals surface area contributed by atoms with E-state index in [0.29, 0.717) is 6.07 Å². The zero-order valence-electron chi connectivity index (χ0n) is 7.94. The van der Waals surface area contributed by atoms with E-state index in [1.54, 1.807) is 0 Å². The zero-order valence-corrected chi connectivity index (χ0v) is 8.70. The Hall–Kier alpha value is -1.10. The molecule has 0 bridgehead atoms. The number of hydrogen-bond acceptors (Lipinski definition) is 1. The first-order chi connectivity index (χ1) is 7.38. The first kappa shape index (κ1) is 13.0. The molecule has 6 heteroatoms. The highest BCUT2D eigenvalue weighted by atomic mass is 35.5. The molecule has 0 fully saturated rings. The van der Waals surface area contributed by atoms with E-state index in [1.807, 2.05) is 0 Å². The number of carbonyl (C=O) groups excluding carboxylic acids is 1. The average molecular weight is 255 g/mol. The summed E-state index contributed by atoms with van der Waals surface area (Å²) in [5.74, 6) is -2.27. The van der Waals surface area contributed by atoms with Crippen LogP contribution in [-0.2, 0) is 6.18 Å². The van der Waals surface area contributed by atoms with Crippen molar-refractivity contribution in [2.24, 2.45) is 0 Å². The molecule has 16 heavy (non-hydrogen) atoms. The van der Waals surface area contributed by atoms with Crippen LogP contribution in [0.1, 0.15) is 22.3 Å². The lowest BCUT2D eigenvalue weighted by Gasteiger charge is -2.12. The van der Waals surface area contributed by atoms with Gasteiger partial charge in [0.1, 0.15) is 5.82 Å². The third-order valence-corrected chi connectivity index (χ3v) is 2.11. The molecule has 0 aliphatic heterocycles. The molecule has 1 rings (SSSR count). The van der Waals surface area contributed by atoms with Gasteiger partial charge in [0.05, 0.1) is 11.1 Å². The van der Waals surface area contributed by atoms with Crippen LogP contribution < -0.4 is 0 Å². The molecule has 0 spiro atoms. The number of hydrogen-bond donors (Lipinski definition) is 0. The summed E-state index contributed by atoms with van der Waals surface area (Å²) in [6.07, 6.45) is -5.08. The lowest BCUT2D eigenvalue weighted by molar-refractivity contribution is -0.138. The van der Waals surface area contributed by atoms with Crippen LogP contribution in [0.25, 0.3) is 0 Å². The third kappa shape index (κ3) is 2.72. The van der Waals surface area contributed by atoms with Crippen molar-refractivity contribution < 1.29 is 22.4 Å². The Bertz CT molecular complexity index is 400. The van der Waals surface area contributed by atoms with Gasteiger partial charge in [-0.2, -0.15) is 13.2 Å². The van der Waals surface area contributed by atoms with Gasteiger partial charge >= 0.3 is 6.18 Å². The molecule has 0 unspecified atom stereocenters. The summed E-state index contributed by atoms with van der Waals surface area (Å²) < 4.78 is 50.6. The summed E-state index contributed by atoms with van der Waals surface area (Å²) in [6, 6.07) is 2.40. The average Bonchev–Trinajstić information content (AvgIpc) is 2.16. The lowest BCUT2D eigenvalue weighted by Crippen LogP contribution is -2.15. The van der Waals surface area contributed by atoms with Crippen LogP contribution in [0.4, 0.5) is 17.6 Å². The van der Waals surface area contributed by atoms with E-state index in [-0.39, 0.29) is 12.3 Å². The number of rotatable bonds is 3. The second-order valence-electron chi connectivity index (χ2n) is 3.02. The topological polar surface area (TPSA) is 17.1 Å². The van der Waals surface area contributed by atoms with Crippen molar-refractivity contribution >= 4 is 17.4 Å². The number of Topliss-reactive ketones (excluding diaryl/α,β-unsaturated/α-hetero) is 1. The van der Waals surface area contributed by atoms with E-state index in [1.165, 1.54) is 0 Å².